The Morgan fingerprint density at radius 1 is 1.03 bits per heavy atom. The lowest BCUT2D eigenvalue weighted by molar-refractivity contribution is -0.137. The molecule has 2 aromatic carbocycles. The van der Waals surface area contributed by atoms with Crippen molar-refractivity contribution < 1.29 is 32.9 Å². The first-order chi connectivity index (χ1) is 17.0. The molecule has 10 heteroatoms. The van der Waals surface area contributed by atoms with Crippen molar-refractivity contribution in [1.29, 1.82) is 10.5 Å². The number of benzene rings is 2. The number of rotatable bonds is 5. The minimum absolute atomic E-state index is 0.127. The van der Waals surface area contributed by atoms with E-state index in [4.69, 9.17) is 20.0 Å². The van der Waals surface area contributed by atoms with Crippen molar-refractivity contribution in [3.63, 3.8) is 0 Å². The minimum atomic E-state index is -4.79. The van der Waals surface area contributed by atoms with E-state index in [1.54, 1.807) is 31.2 Å². The number of aromatic nitrogens is 1. The first kappa shape index (κ1) is 23.6. The van der Waals surface area contributed by atoms with Crippen molar-refractivity contribution >= 4 is 0 Å². The van der Waals surface area contributed by atoms with Crippen LogP contribution >= 0.6 is 0 Å². The molecule has 0 radical (unpaired) electrons. The summed E-state index contributed by atoms with van der Waals surface area (Å²) < 4.78 is 53.7. The molecule has 0 unspecified atom stereocenters. The molecule has 36 heavy (non-hydrogen) atoms. The molecule has 7 nitrogen and oxygen atoms in total. The zero-order chi connectivity index (χ0) is 25.9. The van der Waals surface area contributed by atoms with Gasteiger partial charge in [-0.3, -0.25) is 4.57 Å². The highest BCUT2D eigenvalue weighted by molar-refractivity contribution is 5.62. The maximum Gasteiger partial charge on any atom is 0.417 e. The van der Waals surface area contributed by atoms with Crippen molar-refractivity contribution in [3.8, 4) is 35.3 Å². The Balaban J connectivity index is 1.51. The lowest BCUT2D eigenvalue weighted by Gasteiger charge is -2.26. The molecule has 2 N–H and O–H groups in total. The highest BCUT2D eigenvalue weighted by Crippen LogP contribution is 2.65. The van der Waals surface area contributed by atoms with Gasteiger partial charge in [0, 0.05) is 6.42 Å². The quantitative estimate of drug-likeness (QED) is 0.493. The fraction of sp³-hybridized carbons (Fsp3) is 0.308. The zero-order valence-corrected chi connectivity index (χ0v) is 19.1. The Morgan fingerprint density at radius 2 is 1.72 bits per heavy atom. The predicted octanol–water partition coefficient (Wildman–Crippen LogP) is 5.35. The molecule has 0 aliphatic carbocycles. The molecule has 1 fully saturated rings. The Labute approximate surface area is 204 Å². The van der Waals surface area contributed by atoms with E-state index in [1.165, 1.54) is 12.1 Å². The van der Waals surface area contributed by atoms with Gasteiger partial charge in [-0.15, -0.1) is 0 Å². The van der Waals surface area contributed by atoms with Crippen LogP contribution in [0, 0.1) is 22.7 Å². The number of alkyl halides is 3. The van der Waals surface area contributed by atoms with Crippen LogP contribution in [0.2, 0.25) is 0 Å². The fourth-order valence-electron chi connectivity index (χ4n) is 5.31. The first-order valence-electron chi connectivity index (χ1n) is 11.2. The molecule has 3 aromatic rings. The highest BCUT2D eigenvalue weighted by Gasteiger charge is 2.61. The monoisotopic (exact) mass is 495 g/mol. The standard InChI is InChI=1S/C26H20F3N3O4/c1-24-8-9-25(36-24,10-11-35-18-6-2-15(13-30)3-7-18)21-20(24)22(33)32(23(21)34)17-5-4-16(14-31)19(12-17)26(27,28)29/h2-7,12,33-34H,8-11H2,1H3/t24-,25-/m1/s1. The first-order valence-corrected chi connectivity index (χ1v) is 11.2. The van der Waals surface area contributed by atoms with E-state index in [0.717, 1.165) is 16.7 Å². The highest BCUT2D eigenvalue weighted by atomic mass is 19.4. The van der Waals surface area contributed by atoms with Crippen LogP contribution in [0.15, 0.2) is 42.5 Å². The third kappa shape index (κ3) is 3.45. The van der Waals surface area contributed by atoms with Crippen LogP contribution in [0.4, 0.5) is 13.2 Å². The molecule has 2 aliphatic heterocycles. The maximum atomic E-state index is 13.5. The molecular formula is C26H20F3N3O4. The molecule has 3 heterocycles. The van der Waals surface area contributed by atoms with Gasteiger partial charge in [0.15, 0.2) is 0 Å². The van der Waals surface area contributed by atoms with Gasteiger partial charge in [0.25, 0.3) is 0 Å². The predicted molar refractivity (Wildman–Crippen MR) is 119 cm³/mol. The van der Waals surface area contributed by atoms with Crippen molar-refractivity contribution in [2.24, 2.45) is 0 Å². The molecule has 1 saturated heterocycles. The van der Waals surface area contributed by atoms with Crippen LogP contribution in [0.5, 0.6) is 17.5 Å². The number of fused-ring (bicyclic) bond motifs is 5. The molecule has 2 bridgehead atoms. The van der Waals surface area contributed by atoms with Gasteiger partial charge in [-0.2, -0.15) is 23.7 Å². The summed E-state index contributed by atoms with van der Waals surface area (Å²) in [5, 5.41) is 40.3. The van der Waals surface area contributed by atoms with Crippen molar-refractivity contribution in [2.75, 3.05) is 6.61 Å². The smallest absolute Gasteiger partial charge is 0.417 e. The van der Waals surface area contributed by atoms with Gasteiger partial charge in [0.1, 0.15) is 11.4 Å². The summed E-state index contributed by atoms with van der Waals surface area (Å²) in [6.07, 6.45) is -3.42. The average molecular weight is 495 g/mol. The fourth-order valence-corrected chi connectivity index (χ4v) is 5.31. The van der Waals surface area contributed by atoms with E-state index < -0.39 is 40.3 Å². The molecule has 2 atom stereocenters. The van der Waals surface area contributed by atoms with Gasteiger partial charge in [-0.1, -0.05) is 0 Å². The molecule has 0 spiro atoms. The van der Waals surface area contributed by atoms with Gasteiger partial charge < -0.3 is 19.7 Å². The van der Waals surface area contributed by atoms with Crippen LogP contribution in [0.1, 0.15) is 54.0 Å². The van der Waals surface area contributed by atoms with E-state index in [9.17, 15) is 23.4 Å². The van der Waals surface area contributed by atoms with Crippen molar-refractivity contribution in [3.05, 3.63) is 70.3 Å². The van der Waals surface area contributed by atoms with Crippen LogP contribution in [-0.2, 0) is 22.1 Å². The second-order valence-corrected chi connectivity index (χ2v) is 9.13. The third-order valence-electron chi connectivity index (χ3n) is 6.98. The van der Waals surface area contributed by atoms with Crippen molar-refractivity contribution in [1.82, 2.24) is 4.57 Å². The summed E-state index contributed by atoms with van der Waals surface area (Å²) >= 11 is 0. The lowest BCUT2D eigenvalue weighted by Crippen LogP contribution is -2.25. The van der Waals surface area contributed by atoms with Crippen LogP contribution in [0.3, 0.4) is 0 Å². The minimum Gasteiger partial charge on any atom is -0.494 e. The number of nitrogens with zero attached hydrogens (tertiary/aromatic N) is 3. The number of ether oxygens (including phenoxy) is 2. The Bertz CT molecular complexity index is 1450. The Kier molecular flexibility index (Phi) is 5.20. The Hall–Kier alpha value is -4.15. The summed E-state index contributed by atoms with van der Waals surface area (Å²) in [5.74, 6) is -0.272. The number of nitriles is 2. The van der Waals surface area contributed by atoms with E-state index >= 15 is 0 Å². The van der Waals surface area contributed by atoms with E-state index in [0.29, 0.717) is 41.7 Å². The summed E-state index contributed by atoms with van der Waals surface area (Å²) in [6.45, 7) is 1.97. The zero-order valence-electron chi connectivity index (χ0n) is 19.1. The number of hydrogen-bond donors (Lipinski definition) is 2. The number of halogens is 3. The summed E-state index contributed by atoms with van der Waals surface area (Å²) in [7, 11) is 0. The van der Waals surface area contributed by atoms with Gasteiger partial charge in [0.05, 0.1) is 57.9 Å². The van der Waals surface area contributed by atoms with Crippen molar-refractivity contribution in [2.45, 2.75) is 43.6 Å². The van der Waals surface area contributed by atoms with Gasteiger partial charge in [-0.25, -0.2) is 0 Å². The van der Waals surface area contributed by atoms with Crippen LogP contribution < -0.4 is 4.74 Å². The molecule has 0 saturated carbocycles. The molecule has 2 aliphatic rings. The summed E-state index contributed by atoms with van der Waals surface area (Å²) in [5.41, 5.74) is -2.62. The second-order valence-electron chi connectivity index (χ2n) is 9.13. The summed E-state index contributed by atoms with van der Waals surface area (Å²) in [4.78, 5) is 0. The largest absolute Gasteiger partial charge is 0.494 e. The van der Waals surface area contributed by atoms with E-state index in [2.05, 4.69) is 0 Å². The van der Waals surface area contributed by atoms with Gasteiger partial charge >= 0.3 is 6.18 Å². The number of aromatic hydroxyl groups is 2. The van der Waals surface area contributed by atoms with E-state index in [-0.39, 0.29) is 12.3 Å². The van der Waals surface area contributed by atoms with Gasteiger partial charge in [-0.05, 0) is 62.2 Å². The molecule has 184 valence electrons. The SMILES string of the molecule is C[C@]12CC[C@](CCOc3ccc(C#N)cc3)(O1)c1c2c(O)n(-c2ccc(C#N)c(C(F)(F)F)c2)c1O. The van der Waals surface area contributed by atoms with Crippen LogP contribution in [-0.4, -0.2) is 21.4 Å². The molecular weight excluding hydrogens is 475 g/mol. The average Bonchev–Trinajstić information content (AvgIpc) is 3.43. The maximum absolute atomic E-state index is 13.5. The van der Waals surface area contributed by atoms with Gasteiger partial charge in [0.2, 0.25) is 11.8 Å². The Morgan fingerprint density at radius 3 is 2.36 bits per heavy atom. The summed E-state index contributed by atoms with van der Waals surface area (Å²) in [6, 6.07) is 13.1. The second kappa shape index (κ2) is 7.94. The molecule has 1 aromatic heterocycles. The lowest BCUT2D eigenvalue weighted by atomic mass is 9.78. The molecule has 0 amide bonds. The topological polar surface area (TPSA) is 111 Å². The van der Waals surface area contributed by atoms with E-state index in [1.807, 2.05) is 6.07 Å². The molecule has 5 rings (SSSR count). The van der Waals surface area contributed by atoms with Crippen LogP contribution in [0.25, 0.3) is 5.69 Å². The normalized spacial score (nSPS) is 22.2. The number of hydrogen-bond acceptors (Lipinski definition) is 6. The third-order valence-corrected chi connectivity index (χ3v) is 6.98.